The summed E-state index contributed by atoms with van der Waals surface area (Å²) in [5.74, 6) is 0.172. The fourth-order valence-corrected chi connectivity index (χ4v) is 4.00. The van der Waals surface area contributed by atoms with Gasteiger partial charge in [-0.3, -0.25) is 4.90 Å². The van der Waals surface area contributed by atoms with Gasteiger partial charge in [0.1, 0.15) is 11.6 Å². The predicted octanol–water partition coefficient (Wildman–Crippen LogP) is 2.22. The van der Waals surface area contributed by atoms with Crippen molar-refractivity contribution in [2.75, 3.05) is 13.7 Å². The first-order valence-electron chi connectivity index (χ1n) is 7.98. The van der Waals surface area contributed by atoms with E-state index in [0.717, 1.165) is 6.42 Å². The number of allylic oxidation sites excluding steroid dienone is 2. The van der Waals surface area contributed by atoms with Crippen molar-refractivity contribution < 1.29 is 20.4 Å². The van der Waals surface area contributed by atoms with Crippen molar-refractivity contribution in [3.05, 3.63) is 12.1 Å². The van der Waals surface area contributed by atoms with Crippen molar-refractivity contribution in [1.29, 1.82) is 0 Å². The van der Waals surface area contributed by atoms with Gasteiger partial charge < -0.3 is 9.47 Å². The molecule has 5 heteroatoms. The van der Waals surface area contributed by atoms with Gasteiger partial charge in [-0.25, -0.2) is 9.59 Å². The van der Waals surface area contributed by atoms with E-state index < -0.39 is 23.7 Å². The van der Waals surface area contributed by atoms with Crippen LogP contribution in [-0.4, -0.2) is 42.3 Å². The van der Waals surface area contributed by atoms with Gasteiger partial charge in [0.15, 0.2) is 0 Å². The predicted molar refractivity (Wildman–Crippen MR) is 76.5 cm³/mol. The summed E-state index contributed by atoms with van der Waals surface area (Å²) in [6.45, 7) is 5.93. The van der Waals surface area contributed by atoms with Gasteiger partial charge in [0.2, 0.25) is 0 Å². The number of nitrogens with zero attached hydrogens (tertiary/aromatic N) is 1. The Morgan fingerprint density at radius 3 is 2.67 bits per heavy atom. The zero-order valence-electron chi connectivity index (χ0n) is 14.0. The Bertz CT molecular complexity index is 539. The van der Waals surface area contributed by atoms with Crippen LogP contribution < -0.4 is 0 Å². The molecule has 21 heavy (non-hydrogen) atoms. The molecule has 1 amide bonds. The van der Waals surface area contributed by atoms with Crippen LogP contribution in [-0.2, 0) is 14.3 Å². The van der Waals surface area contributed by atoms with Crippen molar-refractivity contribution in [1.82, 2.24) is 4.90 Å². The molecule has 116 valence electrons. The van der Waals surface area contributed by atoms with Gasteiger partial charge in [0.05, 0.1) is 8.48 Å². The van der Waals surface area contributed by atoms with E-state index in [9.17, 15) is 9.59 Å². The summed E-state index contributed by atoms with van der Waals surface area (Å²) in [6, 6.07) is -0.0277. The monoisotopic (exact) mass is 294 g/mol. The van der Waals surface area contributed by atoms with Gasteiger partial charge in [-0.1, -0.05) is 12.1 Å². The third-order valence-corrected chi connectivity index (χ3v) is 4.74. The summed E-state index contributed by atoms with van der Waals surface area (Å²) in [5.41, 5.74) is -0.604. The van der Waals surface area contributed by atoms with Crippen molar-refractivity contribution in [2.24, 2.45) is 23.7 Å². The van der Waals surface area contributed by atoms with Gasteiger partial charge in [0, 0.05) is 12.5 Å². The Morgan fingerprint density at radius 2 is 2.05 bits per heavy atom. The molecule has 0 unspecified atom stereocenters. The smallest absolute Gasteiger partial charge is 0.411 e. The number of rotatable bonds is 1. The van der Waals surface area contributed by atoms with Crippen molar-refractivity contribution >= 4 is 12.1 Å². The third kappa shape index (κ3) is 2.32. The minimum atomic E-state index is -0.631. The highest BCUT2D eigenvalue weighted by Crippen LogP contribution is 2.54. The number of likely N-dealkylation sites (tertiary alicyclic amines) is 1. The normalized spacial score (nSPS) is 37.9. The molecule has 0 aromatic heterocycles. The van der Waals surface area contributed by atoms with Crippen LogP contribution in [0.2, 0.25) is 0 Å². The minimum absolute atomic E-state index is 0.0116. The molecular formula is C16H23NO4. The van der Waals surface area contributed by atoms with Crippen molar-refractivity contribution in [2.45, 2.75) is 38.8 Å². The van der Waals surface area contributed by atoms with Crippen LogP contribution in [0.3, 0.4) is 0 Å². The second-order valence-electron chi connectivity index (χ2n) is 7.18. The van der Waals surface area contributed by atoms with Crippen LogP contribution in [0.1, 0.15) is 28.6 Å². The number of carbonyl (C=O) groups is 2. The second-order valence-corrected chi connectivity index (χ2v) is 7.18. The molecule has 2 aliphatic carbocycles. The van der Waals surface area contributed by atoms with E-state index in [1.807, 2.05) is 26.8 Å². The van der Waals surface area contributed by atoms with Crippen LogP contribution >= 0.6 is 0 Å². The fourth-order valence-electron chi connectivity index (χ4n) is 4.00. The molecule has 3 aliphatic rings. The number of carbonyl (C=O) groups excluding carboxylic acids is 2. The second kappa shape index (κ2) is 4.75. The summed E-state index contributed by atoms with van der Waals surface area (Å²) in [5, 5.41) is 0. The molecule has 1 saturated carbocycles. The molecule has 5 atom stereocenters. The summed E-state index contributed by atoms with van der Waals surface area (Å²) < 4.78 is 18.4. The molecule has 0 radical (unpaired) electrons. The molecule has 0 spiro atoms. The third-order valence-electron chi connectivity index (χ3n) is 4.74. The number of ether oxygens (including phenoxy) is 2. The SMILES string of the molecule is [2H]C1=C[C@@H]2C[C@H]1[C@H]1[C@@H]2CN(C(=O)OC(C)(C)C)[C@@H]1C(=O)OC. The van der Waals surface area contributed by atoms with E-state index in [1.165, 1.54) is 12.0 Å². The minimum Gasteiger partial charge on any atom is -0.467 e. The summed E-state index contributed by atoms with van der Waals surface area (Å²) >= 11 is 0. The lowest BCUT2D eigenvalue weighted by atomic mass is 9.82. The van der Waals surface area contributed by atoms with E-state index in [-0.39, 0.29) is 17.8 Å². The number of methoxy groups -OCH3 is 1. The molecule has 0 aromatic carbocycles. The quantitative estimate of drug-likeness (QED) is 0.549. The number of hydrogen-bond acceptors (Lipinski definition) is 4. The Kier molecular flexibility index (Phi) is 2.98. The van der Waals surface area contributed by atoms with Crippen LogP contribution in [0.4, 0.5) is 4.79 Å². The first kappa shape index (κ1) is 13.2. The highest BCUT2D eigenvalue weighted by Gasteiger charge is 2.58. The molecular weight excluding hydrogens is 270 g/mol. The maximum atomic E-state index is 12.5. The lowest BCUT2D eigenvalue weighted by molar-refractivity contribution is -0.147. The summed E-state index contributed by atoms with van der Waals surface area (Å²) in [6.07, 6.45) is 2.44. The van der Waals surface area contributed by atoms with Crippen LogP contribution in [0.25, 0.3) is 0 Å². The zero-order valence-corrected chi connectivity index (χ0v) is 13.0. The van der Waals surface area contributed by atoms with E-state index in [1.54, 1.807) is 0 Å². The van der Waals surface area contributed by atoms with Crippen molar-refractivity contribution in [3.8, 4) is 0 Å². The Hall–Kier alpha value is -1.52. The molecule has 1 heterocycles. The topological polar surface area (TPSA) is 55.8 Å². The Labute approximate surface area is 126 Å². The van der Waals surface area contributed by atoms with Crippen molar-refractivity contribution in [3.63, 3.8) is 0 Å². The Morgan fingerprint density at radius 1 is 1.33 bits per heavy atom. The molecule has 0 aromatic rings. The molecule has 1 aliphatic heterocycles. The number of hydrogen-bond donors (Lipinski definition) is 0. The van der Waals surface area contributed by atoms with E-state index >= 15 is 0 Å². The molecule has 3 rings (SSSR count). The van der Waals surface area contributed by atoms with Gasteiger partial charge in [-0.05, 0) is 44.9 Å². The highest BCUT2D eigenvalue weighted by atomic mass is 16.6. The lowest BCUT2D eigenvalue weighted by Crippen LogP contribution is -2.47. The number of esters is 1. The zero-order chi connectivity index (χ0) is 16.2. The molecule has 5 nitrogen and oxygen atoms in total. The molecule has 2 fully saturated rings. The Balaban J connectivity index is 1.87. The molecule has 1 saturated heterocycles. The molecule has 0 N–H and O–H groups in total. The van der Waals surface area contributed by atoms with Crippen LogP contribution in [0.15, 0.2) is 12.1 Å². The standard InChI is InChI=1S/C16H23NO4/c1-16(2,3)21-15(19)17-8-11-9-5-6-10(7-9)12(11)13(17)14(18)20-4/h5-6,9-13H,7-8H2,1-4H3/t9-,10+,11-,12+,13+/m1/s1/i6D. The van der Waals surface area contributed by atoms with Gasteiger partial charge in [0.25, 0.3) is 0 Å². The maximum absolute atomic E-state index is 12.5. The molecule has 2 bridgehead atoms. The fraction of sp³-hybridized carbons (Fsp3) is 0.750. The largest absolute Gasteiger partial charge is 0.467 e. The average Bonchev–Trinajstić information content (AvgIpc) is 3.04. The van der Waals surface area contributed by atoms with E-state index in [0.29, 0.717) is 18.5 Å². The van der Waals surface area contributed by atoms with Crippen LogP contribution in [0, 0.1) is 23.7 Å². The first-order valence-corrected chi connectivity index (χ1v) is 7.48. The maximum Gasteiger partial charge on any atom is 0.411 e. The highest BCUT2D eigenvalue weighted by molar-refractivity contribution is 5.83. The van der Waals surface area contributed by atoms with E-state index in [2.05, 4.69) is 0 Å². The number of amides is 1. The van der Waals surface area contributed by atoms with Crippen LogP contribution in [0.5, 0.6) is 0 Å². The summed E-state index contributed by atoms with van der Waals surface area (Å²) in [4.78, 5) is 26.2. The number of fused-ring (bicyclic) bond motifs is 5. The van der Waals surface area contributed by atoms with Gasteiger partial charge >= 0.3 is 12.1 Å². The van der Waals surface area contributed by atoms with E-state index in [4.69, 9.17) is 10.8 Å². The lowest BCUT2D eigenvalue weighted by Gasteiger charge is -2.30. The summed E-state index contributed by atoms with van der Waals surface area (Å²) in [7, 11) is 1.34. The first-order chi connectivity index (χ1) is 10.2. The van der Waals surface area contributed by atoms with Gasteiger partial charge in [-0.2, -0.15) is 0 Å². The van der Waals surface area contributed by atoms with Gasteiger partial charge in [-0.15, -0.1) is 0 Å². The average molecular weight is 294 g/mol.